The van der Waals surface area contributed by atoms with E-state index in [1.165, 1.54) is 27.8 Å². The molecule has 128 valence electrons. The summed E-state index contributed by atoms with van der Waals surface area (Å²) < 4.78 is 1.44. The van der Waals surface area contributed by atoms with Crippen LogP contribution in [-0.2, 0) is 25.8 Å². The molecule has 2 aliphatic rings. The molecule has 0 unspecified atom stereocenters. The van der Waals surface area contributed by atoms with E-state index in [0.29, 0.717) is 30.7 Å². The van der Waals surface area contributed by atoms with E-state index in [2.05, 4.69) is 16.1 Å². The van der Waals surface area contributed by atoms with Crippen molar-refractivity contribution in [2.45, 2.75) is 38.6 Å². The van der Waals surface area contributed by atoms with Crippen LogP contribution in [0.4, 0.5) is 0 Å². The van der Waals surface area contributed by atoms with Crippen molar-refractivity contribution in [3.8, 4) is 0 Å². The molecule has 0 atom stereocenters. The fraction of sp³-hybridized carbons (Fsp3) is 0.389. The molecule has 1 aliphatic heterocycles. The van der Waals surface area contributed by atoms with Gasteiger partial charge in [-0.3, -0.25) is 14.7 Å². The number of thiophene rings is 1. The molecule has 0 fully saturated rings. The van der Waals surface area contributed by atoms with Crippen LogP contribution >= 0.6 is 11.3 Å². The molecule has 25 heavy (non-hydrogen) atoms. The Balaban J connectivity index is 1.47. The summed E-state index contributed by atoms with van der Waals surface area (Å²) in [7, 11) is 0. The molecule has 6 nitrogen and oxygen atoms in total. The second-order valence-corrected chi connectivity index (χ2v) is 7.88. The summed E-state index contributed by atoms with van der Waals surface area (Å²) >= 11 is 1.63. The molecule has 0 spiro atoms. The van der Waals surface area contributed by atoms with E-state index in [9.17, 15) is 9.59 Å². The van der Waals surface area contributed by atoms with Gasteiger partial charge in [0.25, 0.3) is 11.5 Å². The maximum Gasteiger partial charge on any atom is 0.277 e. The number of amides is 1. The van der Waals surface area contributed by atoms with E-state index >= 15 is 0 Å². The second-order valence-electron chi connectivity index (χ2n) is 6.74. The van der Waals surface area contributed by atoms with Crippen LogP contribution in [0.1, 0.15) is 44.2 Å². The van der Waals surface area contributed by atoms with Crippen LogP contribution in [0.5, 0.6) is 0 Å². The first-order valence-electron chi connectivity index (χ1n) is 8.69. The van der Waals surface area contributed by atoms with Gasteiger partial charge in [0.15, 0.2) is 5.65 Å². The van der Waals surface area contributed by atoms with Crippen molar-refractivity contribution in [3.63, 3.8) is 0 Å². The lowest BCUT2D eigenvalue weighted by atomic mass is 9.99. The minimum absolute atomic E-state index is 0.0426. The molecule has 5 rings (SSSR count). The van der Waals surface area contributed by atoms with E-state index in [4.69, 9.17) is 0 Å². The largest absolute Gasteiger partial charge is 0.333 e. The number of aromatic nitrogens is 3. The molecule has 3 aromatic rings. The van der Waals surface area contributed by atoms with Crippen molar-refractivity contribution in [1.29, 1.82) is 0 Å². The third-order valence-electron chi connectivity index (χ3n) is 5.19. The van der Waals surface area contributed by atoms with Gasteiger partial charge in [-0.1, -0.05) is 0 Å². The Morgan fingerprint density at radius 1 is 1.24 bits per heavy atom. The molecule has 0 saturated carbocycles. The predicted octanol–water partition coefficient (Wildman–Crippen LogP) is 2.16. The van der Waals surface area contributed by atoms with Gasteiger partial charge in [0, 0.05) is 30.1 Å². The molecular formula is C18H18N4O2S. The standard InChI is InChI=1S/C18H18N4O2S/c23-17-12-10-21(8-6-13(12)20-16-5-7-19-22(16)17)18(24)15-9-11-3-1-2-4-14(11)25-15/h5,7,9,19H,1-4,6,8,10H2. The number of hydrogen-bond acceptors (Lipinski definition) is 4. The highest BCUT2D eigenvalue weighted by Gasteiger charge is 2.27. The normalized spacial score (nSPS) is 16.7. The number of nitrogens with one attached hydrogen (secondary N) is 1. The highest BCUT2D eigenvalue weighted by Crippen LogP contribution is 2.31. The average molecular weight is 354 g/mol. The zero-order valence-electron chi connectivity index (χ0n) is 13.7. The predicted molar refractivity (Wildman–Crippen MR) is 95.2 cm³/mol. The molecule has 1 amide bonds. The second kappa shape index (κ2) is 5.56. The van der Waals surface area contributed by atoms with Crippen molar-refractivity contribution in [2.24, 2.45) is 0 Å². The van der Waals surface area contributed by atoms with Gasteiger partial charge in [0.2, 0.25) is 0 Å². The number of hydrogen-bond donors (Lipinski definition) is 1. The van der Waals surface area contributed by atoms with E-state index < -0.39 is 0 Å². The van der Waals surface area contributed by atoms with E-state index in [1.54, 1.807) is 28.5 Å². The summed E-state index contributed by atoms with van der Waals surface area (Å²) in [5, 5.41) is 2.89. The number of rotatable bonds is 1. The van der Waals surface area contributed by atoms with Crippen molar-refractivity contribution in [3.05, 3.63) is 55.3 Å². The zero-order valence-corrected chi connectivity index (χ0v) is 14.6. The van der Waals surface area contributed by atoms with Gasteiger partial charge >= 0.3 is 0 Å². The lowest BCUT2D eigenvalue weighted by molar-refractivity contribution is 0.0737. The van der Waals surface area contributed by atoms with E-state index in [0.717, 1.165) is 23.4 Å². The smallest absolute Gasteiger partial charge is 0.277 e. The number of fused-ring (bicyclic) bond motifs is 3. The van der Waals surface area contributed by atoms with Crippen molar-refractivity contribution < 1.29 is 4.79 Å². The Bertz CT molecular complexity index is 1020. The Kier molecular flexibility index (Phi) is 3.31. The number of carbonyl (C=O) groups is 1. The number of H-pyrrole nitrogens is 1. The third-order valence-corrected chi connectivity index (χ3v) is 6.41. The van der Waals surface area contributed by atoms with Gasteiger partial charge < -0.3 is 4.90 Å². The summed E-state index contributed by atoms with van der Waals surface area (Å²) in [4.78, 5) is 34.1. The van der Waals surface area contributed by atoms with Gasteiger partial charge in [0.05, 0.1) is 22.7 Å². The SMILES string of the molecule is O=C(c1cc2c(s1)CCCC2)N1CCc2nc3cc[nH]n3c(=O)c2C1. The number of nitrogens with zero attached hydrogens (tertiary/aromatic N) is 3. The van der Waals surface area contributed by atoms with Gasteiger partial charge in [-0.15, -0.1) is 11.3 Å². The first kappa shape index (κ1) is 14.9. The Morgan fingerprint density at radius 2 is 2.12 bits per heavy atom. The molecule has 3 aromatic heterocycles. The Hall–Kier alpha value is -2.41. The van der Waals surface area contributed by atoms with Gasteiger partial charge in [-0.05, 0) is 37.3 Å². The molecular weight excluding hydrogens is 336 g/mol. The first-order valence-corrected chi connectivity index (χ1v) is 9.51. The lowest BCUT2D eigenvalue weighted by Crippen LogP contribution is -2.40. The van der Waals surface area contributed by atoms with E-state index in [-0.39, 0.29) is 11.5 Å². The molecule has 0 bridgehead atoms. The molecule has 0 saturated heterocycles. The van der Waals surface area contributed by atoms with Crippen LogP contribution in [0.15, 0.2) is 23.1 Å². The summed E-state index contributed by atoms with van der Waals surface area (Å²) in [5.41, 5.74) is 3.31. The number of aromatic amines is 1. The molecule has 4 heterocycles. The van der Waals surface area contributed by atoms with Crippen molar-refractivity contribution in [2.75, 3.05) is 6.54 Å². The lowest BCUT2D eigenvalue weighted by Gasteiger charge is -2.27. The fourth-order valence-electron chi connectivity index (χ4n) is 3.84. The number of aryl methyl sites for hydroxylation is 2. The Morgan fingerprint density at radius 3 is 3.00 bits per heavy atom. The topological polar surface area (TPSA) is 70.5 Å². The van der Waals surface area contributed by atoms with Crippen LogP contribution in [0.25, 0.3) is 5.65 Å². The monoisotopic (exact) mass is 354 g/mol. The maximum absolute atomic E-state index is 13.0. The third kappa shape index (κ3) is 2.33. The van der Waals surface area contributed by atoms with Crippen LogP contribution in [0.2, 0.25) is 0 Å². The zero-order chi connectivity index (χ0) is 17.0. The van der Waals surface area contributed by atoms with Crippen LogP contribution < -0.4 is 5.56 Å². The van der Waals surface area contributed by atoms with Crippen LogP contribution in [-0.4, -0.2) is 31.9 Å². The molecule has 1 aliphatic carbocycles. The van der Waals surface area contributed by atoms with Crippen molar-refractivity contribution >= 4 is 22.9 Å². The van der Waals surface area contributed by atoms with Gasteiger partial charge in [-0.2, -0.15) is 0 Å². The van der Waals surface area contributed by atoms with Crippen LogP contribution in [0, 0.1) is 0 Å². The highest BCUT2D eigenvalue weighted by atomic mass is 32.1. The summed E-state index contributed by atoms with van der Waals surface area (Å²) in [6.07, 6.45) is 6.93. The Labute approximate surface area is 148 Å². The van der Waals surface area contributed by atoms with Gasteiger partial charge in [-0.25, -0.2) is 9.50 Å². The molecule has 7 heteroatoms. The molecule has 0 radical (unpaired) electrons. The molecule has 0 aromatic carbocycles. The number of carbonyl (C=O) groups excluding carboxylic acids is 1. The van der Waals surface area contributed by atoms with Crippen LogP contribution in [0.3, 0.4) is 0 Å². The summed E-state index contributed by atoms with van der Waals surface area (Å²) in [5.74, 6) is 0.0426. The first-order chi connectivity index (χ1) is 12.2. The summed E-state index contributed by atoms with van der Waals surface area (Å²) in [6.45, 7) is 0.950. The minimum atomic E-state index is -0.104. The quantitative estimate of drug-likeness (QED) is 0.728. The van der Waals surface area contributed by atoms with Crippen molar-refractivity contribution in [1.82, 2.24) is 19.5 Å². The highest BCUT2D eigenvalue weighted by molar-refractivity contribution is 7.14. The van der Waals surface area contributed by atoms with Gasteiger partial charge in [0.1, 0.15) is 0 Å². The maximum atomic E-state index is 13.0. The fourth-order valence-corrected chi connectivity index (χ4v) is 5.06. The minimum Gasteiger partial charge on any atom is -0.333 e. The molecule has 1 N–H and O–H groups in total. The van der Waals surface area contributed by atoms with E-state index in [1.807, 2.05) is 0 Å². The summed E-state index contributed by atoms with van der Waals surface area (Å²) in [6, 6.07) is 3.85. The average Bonchev–Trinajstić information content (AvgIpc) is 3.27.